The third kappa shape index (κ3) is 5.86. The predicted molar refractivity (Wildman–Crippen MR) is 118 cm³/mol. The van der Waals surface area contributed by atoms with Crippen molar-refractivity contribution in [2.45, 2.75) is 11.8 Å². The van der Waals surface area contributed by atoms with E-state index in [-0.39, 0.29) is 17.6 Å². The number of anilines is 2. The van der Waals surface area contributed by atoms with Gasteiger partial charge in [-0.15, -0.1) is 11.8 Å². The van der Waals surface area contributed by atoms with Gasteiger partial charge in [-0.2, -0.15) is 0 Å². The van der Waals surface area contributed by atoms with E-state index in [4.69, 9.17) is 4.74 Å². The number of rotatable bonds is 7. The number of nitrogens with one attached hydrogen (secondary N) is 2. The van der Waals surface area contributed by atoms with Crippen molar-refractivity contribution in [3.8, 4) is 5.75 Å². The molecule has 2 amide bonds. The molecule has 3 aromatic carbocycles. The number of methoxy groups -OCH3 is 1. The molecule has 5 nitrogen and oxygen atoms in total. The zero-order chi connectivity index (χ0) is 20.6. The number of benzene rings is 3. The van der Waals surface area contributed by atoms with Crippen molar-refractivity contribution in [3.63, 3.8) is 0 Å². The van der Waals surface area contributed by atoms with Crippen LogP contribution in [-0.4, -0.2) is 24.7 Å². The zero-order valence-electron chi connectivity index (χ0n) is 16.3. The molecule has 6 heteroatoms. The second kappa shape index (κ2) is 9.80. The van der Waals surface area contributed by atoms with Crippen LogP contribution in [0.15, 0.2) is 77.7 Å². The Kier molecular flexibility index (Phi) is 6.92. The number of aryl methyl sites for hydroxylation is 1. The third-order valence-electron chi connectivity index (χ3n) is 4.21. The third-order valence-corrected chi connectivity index (χ3v) is 5.20. The number of ether oxygens (including phenoxy) is 1. The Bertz CT molecular complexity index is 1020. The van der Waals surface area contributed by atoms with Crippen LogP contribution in [0.4, 0.5) is 11.4 Å². The molecule has 0 saturated carbocycles. The Hall–Kier alpha value is -3.25. The topological polar surface area (TPSA) is 67.4 Å². The van der Waals surface area contributed by atoms with Crippen molar-refractivity contribution >= 4 is 35.0 Å². The lowest BCUT2D eigenvalue weighted by atomic mass is 10.1. The molecule has 2 N–H and O–H groups in total. The standard InChI is InChI=1S/C23H22N2O3S/c1-16-7-3-4-12-21(16)23(27)25-18-9-6-11-20(14-18)29-15-22(26)24-17-8-5-10-19(13-17)28-2/h3-14H,15H2,1-2H3,(H,24,26)(H,25,27). The number of thioether (sulfide) groups is 1. The summed E-state index contributed by atoms with van der Waals surface area (Å²) in [6.45, 7) is 1.90. The Balaban J connectivity index is 1.57. The number of carbonyl (C=O) groups excluding carboxylic acids is 2. The minimum Gasteiger partial charge on any atom is -0.497 e. The highest BCUT2D eigenvalue weighted by molar-refractivity contribution is 8.00. The largest absolute Gasteiger partial charge is 0.497 e. The number of carbonyl (C=O) groups is 2. The molecule has 0 heterocycles. The average molecular weight is 407 g/mol. The molecule has 0 aliphatic carbocycles. The molecule has 3 aromatic rings. The van der Waals surface area contributed by atoms with Gasteiger partial charge < -0.3 is 15.4 Å². The Morgan fingerprint density at radius 1 is 0.897 bits per heavy atom. The quantitative estimate of drug-likeness (QED) is 0.543. The zero-order valence-corrected chi connectivity index (χ0v) is 17.1. The average Bonchev–Trinajstić information content (AvgIpc) is 2.73. The first-order valence-electron chi connectivity index (χ1n) is 9.09. The van der Waals surface area contributed by atoms with Crippen LogP contribution in [-0.2, 0) is 4.79 Å². The van der Waals surface area contributed by atoms with Crippen LogP contribution in [0.2, 0.25) is 0 Å². The first-order valence-corrected chi connectivity index (χ1v) is 10.1. The van der Waals surface area contributed by atoms with Gasteiger partial charge >= 0.3 is 0 Å². The van der Waals surface area contributed by atoms with Gasteiger partial charge in [0.2, 0.25) is 5.91 Å². The van der Waals surface area contributed by atoms with Gasteiger partial charge in [0.15, 0.2) is 0 Å². The van der Waals surface area contributed by atoms with Crippen LogP contribution in [0.5, 0.6) is 5.75 Å². The molecule has 0 spiro atoms. The lowest BCUT2D eigenvalue weighted by Gasteiger charge is -2.09. The second-order valence-corrected chi connectivity index (χ2v) is 7.41. The van der Waals surface area contributed by atoms with E-state index in [9.17, 15) is 9.59 Å². The van der Waals surface area contributed by atoms with Crippen LogP contribution in [0.25, 0.3) is 0 Å². The SMILES string of the molecule is COc1cccc(NC(=O)CSc2cccc(NC(=O)c3ccccc3C)c2)c1. The van der Waals surface area contributed by atoms with Crippen molar-refractivity contribution < 1.29 is 14.3 Å². The van der Waals surface area contributed by atoms with E-state index < -0.39 is 0 Å². The van der Waals surface area contributed by atoms with E-state index in [2.05, 4.69) is 10.6 Å². The first kappa shape index (κ1) is 20.5. The molecule has 0 aromatic heterocycles. The fourth-order valence-electron chi connectivity index (χ4n) is 2.74. The highest BCUT2D eigenvalue weighted by Crippen LogP contribution is 2.23. The summed E-state index contributed by atoms with van der Waals surface area (Å²) in [6, 6.07) is 22.1. The number of hydrogen-bond donors (Lipinski definition) is 2. The minimum atomic E-state index is -0.152. The minimum absolute atomic E-state index is 0.113. The molecule has 0 aliphatic rings. The van der Waals surface area contributed by atoms with Crippen LogP contribution >= 0.6 is 11.8 Å². The first-order chi connectivity index (χ1) is 14.0. The van der Waals surface area contributed by atoms with Crippen molar-refractivity contribution in [1.29, 1.82) is 0 Å². The van der Waals surface area contributed by atoms with E-state index in [0.717, 1.165) is 10.5 Å². The molecule has 0 bridgehead atoms. The van der Waals surface area contributed by atoms with Crippen molar-refractivity contribution in [1.82, 2.24) is 0 Å². The van der Waals surface area contributed by atoms with Gasteiger partial charge in [0.25, 0.3) is 5.91 Å². The maximum Gasteiger partial charge on any atom is 0.255 e. The van der Waals surface area contributed by atoms with Crippen LogP contribution in [0.3, 0.4) is 0 Å². The van der Waals surface area contributed by atoms with E-state index >= 15 is 0 Å². The molecular formula is C23H22N2O3S. The normalized spacial score (nSPS) is 10.3. The van der Waals surface area contributed by atoms with Crippen LogP contribution in [0.1, 0.15) is 15.9 Å². The summed E-state index contributed by atoms with van der Waals surface area (Å²) in [7, 11) is 1.58. The smallest absolute Gasteiger partial charge is 0.255 e. The molecule has 0 atom stereocenters. The molecule has 0 radical (unpaired) electrons. The molecule has 3 rings (SSSR count). The highest BCUT2D eigenvalue weighted by atomic mass is 32.2. The Morgan fingerprint density at radius 3 is 2.38 bits per heavy atom. The molecule has 0 fully saturated rings. The Labute approximate surface area is 174 Å². The number of hydrogen-bond acceptors (Lipinski definition) is 4. The van der Waals surface area contributed by atoms with Crippen molar-refractivity contribution in [2.75, 3.05) is 23.5 Å². The fraction of sp³-hybridized carbons (Fsp3) is 0.130. The van der Waals surface area contributed by atoms with Crippen LogP contribution in [0, 0.1) is 6.92 Å². The molecule has 0 saturated heterocycles. The molecule has 0 unspecified atom stereocenters. The van der Waals surface area contributed by atoms with Crippen LogP contribution < -0.4 is 15.4 Å². The second-order valence-electron chi connectivity index (χ2n) is 6.37. The van der Waals surface area contributed by atoms with Gasteiger partial charge in [0.05, 0.1) is 12.9 Å². The maximum atomic E-state index is 12.5. The summed E-state index contributed by atoms with van der Waals surface area (Å²) >= 11 is 1.40. The Morgan fingerprint density at radius 2 is 1.62 bits per heavy atom. The van der Waals surface area contributed by atoms with E-state index in [0.29, 0.717) is 22.7 Å². The monoisotopic (exact) mass is 406 g/mol. The van der Waals surface area contributed by atoms with E-state index in [1.807, 2.05) is 67.6 Å². The summed E-state index contributed by atoms with van der Waals surface area (Å²) in [4.78, 5) is 25.6. The summed E-state index contributed by atoms with van der Waals surface area (Å²) in [5, 5.41) is 5.76. The van der Waals surface area contributed by atoms with Gasteiger partial charge in [-0.05, 0) is 48.9 Å². The van der Waals surface area contributed by atoms with E-state index in [1.54, 1.807) is 19.2 Å². The lowest BCUT2D eigenvalue weighted by molar-refractivity contribution is -0.113. The van der Waals surface area contributed by atoms with Gasteiger partial charge in [-0.3, -0.25) is 9.59 Å². The summed E-state index contributed by atoms with van der Waals surface area (Å²) < 4.78 is 5.16. The van der Waals surface area contributed by atoms with Gasteiger partial charge in [0.1, 0.15) is 5.75 Å². The lowest BCUT2D eigenvalue weighted by Crippen LogP contribution is -2.14. The molecular weight excluding hydrogens is 384 g/mol. The van der Waals surface area contributed by atoms with Crippen molar-refractivity contribution in [2.24, 2.45) is 0 Å². The summed E-state index contributed by atoms with van der Waals surface area (Å²) in [6.07, 6.45) is 0. The van der Waals surface area contributed by atoms with Gasteiger partial charge in [-0.1, -0.05) is 30.3 Å². The van der Waals surface area contributed by atoms with Gasteiger partial charge in [-0.25, -0.2) is 0 Å². The number of amides is 2. The fourth-order valence-corrected chi connectivity index (χ4v) is 3.49. The molecule has 0 aliphatic heterocycles. The van der Waals surface area contributed by atoms with Crippen molar-refractivity contribution in [3.05, 3.63) is 83.9 Å². The molecule has 148 valence electrons. The van der Waals surface area contributed by atoms with E-state index in [1.165, 1.54) is 11.8 Å². The molecule has 29 heavy (non-hydrogen) atoms. The van der Waals surface area contributed by atoms with Gasteiger partial charge in [0, 0.05) is 27.9 Å². The highest BCUT2D eigenvalue weighted by Gasteiger charge is 2.10. The summed E-state index contributed by atoms with van der Waals surface area (Å²) in [5.41, 5.74) is 2.94. The maximum absolute atomic E-state index is 12.5. The predicted octanol–water partition coefficient (Wildman–Crippen LogP) is 4.99. The summed E-state index contributed by atoms with van der Waals surface area (Å²) in [5.74, 6) is 0.679.